The van der Waals surface area contributed by atoms with E-state index >= 15 is 0 Å². The number of nitrogens with zero attached hydrogens (tertiary/aromatic N) is 3. The molecular weight excluding hydrogens is 443 g/mol. The highest BCUT2D eigenvalue weighted by Crippen LogP contribution is 2.41. The molecule has 1 atom stereocenters. The fourth-order valence-electron chi connectivity index (χ4n) is 5.71. The maximum absolute atomic E-state index is 14.5. The number of aromatic amines is 1. The number of hydrogen-bond donors (Lipinski definition) is 1. The molecular formula is C28H29FN4O2. The van der Waals surface area contributed by atoms with E-state index in [1.54, 1.807) is 13.0 Å². The summed E-state index contributed by atoms with van der Waals surface area (Å²) < 4.78 is 19.5. The topological polar surface area (TPSA) is 61.5 Å². The molecule has 4 aromatic rings. The number of para-hydroxylation sites is 1. The van der Waals surface area contributed by atoms with Crippen molar-refractivity contribution in [3.63, 3.8) is 0 Å². The number of pyridine rings is 1. The average molecular weight is 473 g/mol. The molecule has 1 amide bonds. The van der Waals surface area contributed by atoms with Crippen LogP contribution in [0.15, 0.2) is 42.5 Å². The second-order valence-electron chi connectivity index (χ2n) is 9.92. The Morgan fingerprint density at radius 1 is 1.23 bits per heavy atom. The molecule has 1 N–H and O–H groups in total. The number of likely N-dealkylation sites (tertiary alicyclic amines) is 1. The standard InChI is InChI=1S/C28H29FN4O2/c1-16-10-21-26-20-6-4-5-7-23(20)30-27(26)24(12-18-8-9-25(35-3)22(29)11-18)31-28(21)33(16)15-19-13-32(14-19)17(2)34/h4-9,11,16,19,30H,10,12-15H2,1-3H3. The molecule has 1 fully saturated rings. The van der Waals surface area contributed by atoms with Gasteiger partial charge in [-0.05, 0) is 37.1 Å². The van der Waals surface area contributed by atoms with E-state index in [9.17, 15) is 9.18 Å². The molecule has 180 valence electrons. The highest BCUT2D eigenvalue weighted by atomic mass is 19.1. The lowest BCUT2D eigenvalue weighted by Gasteiger charge is -2.41. The molecule has 0 aliphatic carbocycles. The zero-order chi connectivity index (χ0) is 24.3. The van der Waals surface area contributed by atoms with Crippen molar-refractivity contribution in [2.24, 2.45) is 5.92 Å². The van der Waals surface area contributed by atoms with Crippen LogP contribution in [-0.4, -0.2) is 53.6 Å². The van der Waals surface area contributed by atoms with Crippen LogP contribution in [0.3, 0.4) is 0 Å². The van der Waals surface area contributed by atoms with E-state index < -0.39 is 0 Å². The van der Waals surface area contributed by atoms with E-state index in [1.165, 1.54) is 29.5 Å². The molecule has 0 bridgehead atoms. The number of amides is 1. The van der Waals surface area contributed by atoms with Crippen molar-refractivity contribution in [3.8, 4) is 5.75 Å². The van der Waals surface area contributed by atoms with Gasteiger partial charge in [0.25, 0.3) is 0 Å². The van der Waals surface area contributed by atoms with Crippen molar-refractivity contribution >= 4 is 33.5 Å². The molecule has 2 aromatic carbocycles. The molecule has 2 aliphatic rings. The summed E-state index contributed by atoms with van der Waals surface area (Å²) in [6.07, 6.45) is 1.45. The lowest BCUT2D eigenvalue weighted by Crippen LogP contribution is -2.54. The number of aromatic nitrogens is 2. The second-order valence-corrected chi connectivity index (χ2v) is 9.92. The number of halogens is 1. The zero-order valence-electron chi connectivity index (χ0n) is 20.3. The van der Waals surface area contributed by atoms with Gasteiger partial charge in [-0.25, -0.2) is 9.37 Å². The van der Waals surface area contributed by atoms with Crippen molar-refractivity contribution in [1.29, 1.82) is 0 Å². The maximum Gasteiger partial charge on any atom is 0.219 e. The number of nitrogens with one attached hydrogen (secondary N) is 1. The van der Waals surface area contributed by atoms with E-state index in [2.05, 4.69) is 35.0 Å². The van der Waals surface area contributed by atoms with Crippen LogP contribution >= 0.6 is 0 Å². The minimum absolute atomic E-state index is 0.142. The summed E-state index contributed by atoms with van der Waals surface area (Å²) in [5, 5.41) is 2.42. The molecule has 0 radical (unpaired) electrons. The Labute approximate surface area is 203 Å². The van der Waals surface area contributed by atoms with E-state index in [-0.39, 0.29) is 17.5 Å². The van der Waals surface area contributed by atoms with Crippen LogP contribution in [0.5, 0.6) is 5.75 Å². The van der Waals surface area contributed by atoms with Crippen molar-refractivity contribution in [3.05, 3.63) is 65.1 Å². The van der Waals surface area contributed by atoms with Gasteiger partial charge >= 0.3 is 0 Å². The molecule has 4 heterocycles. The van der Waals surface area contributed by atoms with Gasteiger partial charge in [0.2, 0.25) is 5.91 Å². The number of rotatable bonds is 5. The Morgan fingerprint density at radius 2 is 2.03 bits per heavy atom. The smallest absolute Gasteiger partial charge is 0.219 e. The predicted molar refractivity (Wildman–Crippen MR) is 136 cm³/mol. The summed E-state index contributed by atoms with van der Waals surface area (Å²) in [7, 11) is 1.47. The fourth-order valence-corrected chi connectivity index (χ4v) is 5.71. The first kappa shape index (κ1) is 21.9. The summed E-state index contributed by atoms with van der Waals surface area (Å²) in [5.74, 6) is 1.50. The van der Waals surface area contributed by atoms with Crippen LogP contribution < -0.4 is 9.64 Å². The van der Waals surface area contributed by atoms with Gasteiger partial charge in [-0.2, -0.15) is 0 Å². The Bertz CT molecular complexity index is 1460. The number of benzene rings is 2. The number of ether oxygens (including phenoxy) is 1. The first-order chi connectivity index (χ1) is 16.9. The van der Waals surface area contributed by atoms with Crippen LogP contribution in [0.25, 0.3) is 21.8 Å². The number of carbonyl (C=O) groups is 1. The van der Waals surface area contributed by atoms with Crippen molar-refractivity contribution in [2.75, 3.05) is 31.6 Å². The first-order valence-corrected chi connectivity index (χ1v) is 12.2. The van der Waals surface area contributed by atoms with E-state index in [1.807, 2.05) is 17.0 Å². The Kier molecular flexibility index (Phi) is 5.16. The normalized spacial score (nSPS) is 17.8. The molecule has 0 saturated carbocycles. The molecule has 6 nitrogen and oxygen atoms in total. The molecule has 6 rings (SSSR count). The quantitative estimate of drug-likeness (QED) is 0.458. The number of carbonyl (C=O) groups excluding carboxylic acids is 1. The van der Waals surface area contributed by atoms with E-state index in [0.717, 1.165) is 54.2 Å². The predicted octanol–water partition coefficient (Wildman–Crippen LogP) is 4.68. The monoisotopic (exact) mass is 472 g/mol. The SMILES string of the molecule is COc1ccc(Cc2nc3c(c4c2[nH]c2ccccc24)CC(C)N3CC2CN(C(C)=O)C2)cc1F. The summed E-state index contributed by atoms with van der Waals surface area (Å²) in [5.41, 5.74) is 5.16. The molecule has 0 spiro atoms. The summed E-state index contributed by atoms with van der Waals surface area (Å²) in [4.78, 5) is 24.8. The highest BCUT2D eigenvalue weighted by molar-refractivity contribution is 6.11. The lowest BCUT2D eigenvalue weighted by atomic mass is 9.99. The van der Waals surface area contributed by atoms with Crippen molar-refractivity contribution < 1.29 is 13.9 Å². The van der Waals surface area contributed by atoms with Crippen LogP contribution in [0, 0.1) is 11.7 Å². The molecule has 2 aromatic heterocycles. The van der Waals surface area contributed by atoms with Gasteiger partial charge in [-0.3, -0.25) is 4.79 Å². The van der Waals surface area contributed by atoms with Gasteiger partial charge in [-0.15, -0.1) is 0 Å². The van der Waals surface area contributed by atoms with Crippen molar-refractivity contribution in [2.45, 2.75) is 32.7 Å². The third-order valence-electron chi connectivity index (χ3n) is 7.56. The summed E-state index contributed by atoms with van der Waals surface area (Å²) in [6, 6.07) is 13.8. The van der Waals surface area contributed by atoms with Crippen LogP contribution in [0.2, 0.25) is 0 Å². The average Bonchev–Trinajstić information content (AvgIpc) is 3.33. The third-order valence-corrected chi connectivity index (χ3v) is 7.56. The Hall–Kier alpha value is -3.61. The van der Waals surface area contributed by atoms with Gasteiger partial charge in [0.15, 0.2) is 11.6 Å². The number of anilines is 1. The van der Waals surface area contributed by atoms with E-state index in [0.29, 0.717) is 18.4 Å². The largest absolute Gasteiger partial charge is 0.494 e. The minimum atomic E-state index is -0.366. The summed E-state index contributed by atoms with van der Waals surface area (Å²) in [6.45, 7) is 6.38. The van der Waals surface area contributed by atoms with Crippen LogP contribution in [0.1, 0.15) is 30.7 Å². The van der Waals surface area contributed by atoms with Crippen molar-refractivity contribution in [1.82, 2.24) is 14.9 Å². The first-order valence-electron chi connectivity index (χ1n) is 12.2. The highest BCUT2D eigenvalue weighted by Gasteiger charge is 2.36. The third kappa shape index (κ3) is 3.61. The number of hydrogen-bond acceptors (Lipinski definition) is 4. The molecule has 1 saturated heterocycles. The number of methoxy groups -OCH3 is 1. The molecule has 7 heteroatoms. The second kappa shape index (κ2) is 8.26. The van der Waals surface area contributed by atoms with Gasteiger partial charge in [0, 0.05) is 66.8 Å². The maximum atomic E-state index is 14.5. The van der Waals surface area contributed by atoms with Gasteiger partial charge in [-0.1, -0.05) is 24.3 Å². The summed E-state index contributed by atoms with van der Waals surface area (Å²) >= 11 is 0. The fraction of sp³-hybridized carbons (Fsp3) is 0.357. The zero-order valence-corrected chi connectivity index (χ0v) is 20.3. The van der Waals surface area contributed by atoms with Gasteiger partial charge in [0.05, 0.1) is 18.3 Å². The van der Waals surface area contributed by atoms with Gasteiger partial charge in [0.1, 0.15) is 5.82 Å². The molecule has 35 heavy (non-hydrogen) atoms. The Balaban J connectivity index is 1.44. The molecule has 1 unspecified atom stereocenters. The van der Waals surface area contributed by atoms with Crippen LogP contribution in [-0.2, 0) is 17.6 Å². The molecule has 2 aliphatic heterocycles. The van der Waals surface area contributed by atoms with Crippen LogP contribution in [0.4, 0.5) is 10.2 Å². The minimum Gasteiger partial charge on any atom is -0.494 e. The van der Waals surface area contributed by atoms with E-state index in [4.69, 9.17) is 9.72 Å². The lowest BCUT2D eigenvalue weighted by molar-refractivity contribution is -0.134. The Morgan fingerprint density at radius 3 is 2.77 bits per heavy atom. The number of H-pyrrole nitrogens is 1. The number of fused-ring (bicyclic) bond motifs is 5. The van der Waals surface area contributed by atoms with Gasteiger partial charge < -0.3 is 19.5 Å².